The Morgan fingerprint density at radius 2 is 1.86 bits per heavy atom. The quantitative estimate of drug-likeness (QED) is 0.639. The van der Waals surface area contributed by atoms with E-state index < -0.39 is 0 Å². The van der Waals surface area contributed by atoms with Crippen LogP contribution in [0.3, 0.4) is 0 Å². The van der Waals surface area contributed by atoms with E-state index >= 15 is 0 Å². The molecule has 0 fully saturated rings. The zero-order chi connectivity index (χ0) is 14.4. The van der Waals surface area contributed by atoms with Gasteiger partial charge in [0.15, 0.2) is 0 Å². The predicted molar refractivity (Wildman–Crippen MR) is 91.9 cm³/mol. The Bertz CT molecular complexity index is 808. The summed E-state index contributed by atoms with van der Waals surface area (Å²) in [5.41, 5.74) is 6.20. The molecule has 0 aliphatic carbocycles. The Hall–Kier alpha value is -1.97. The minimum atomic E-state index is 0. The summed E-state index contributed by atoms with van der Waals surface area (Å²) in [7, 11) is 0. The first-order valence-electron chi connectivity index (χ1n) is 7.36. The molecule has 3 N–H and O–H groups in total. The highest BCUT2D eigenvalue weighted by molar-refractivity contribution is 5.86. The number of rotatable bonds is 1. The average Bonchev–Trinajstić information content (AvgIpc) is 2.86. The summed E-state index contributed by atoms with van der Waals surface area (Å²) in [6.07, 6.45) is 0.987. The third-order valence-electron chi connectivity index (χ3n) is 4.35. The first-order chi connectivity index (χ1) is 10.2. The van der Waals surface area contributed by atoms with Gasteiger partial charge in [-0.15, -0.1) is 12.4 Å². The molecule has 1 aliphatic rings. The number of phenolic OH excluding ortho intramolecular Hbond substituents is 1. The van der Waals surface area contributed by atoms with Gasteiger partial charge in [-0.1, -0.05) is 29.8 Å². The van der Waals surface area contributed by atoms with E-state index in [-0.39, 0.29) is 18.4 Å². The lowest BCUT2D eigenvalue weighted by molar-refractivity contribution is 0.476. The summed E-state index contributed by atoms with van der Waals surface area (Å²) >= 11 is 0. The number of fused-ring (bicyclic) bond motifs is 3. The molecule has 3 nitrogen and oxygen atoms in total. The molecular weight excluding hydrogens is 296 g/mol. The van der Waals surface area contributed by atoms with Crippen LogP contribution in [-0.2, 0) is 6.42 Å². The van der Waals surface area contributed by atoms with Gasteiger partial charge < -0.3 is 15.4 Å². The van der Waals surface area contributed by atoms with Crippen LogP contribution in [0.5, 0.6) is 5.75 Å². The Labute approximate surface area is 135 Å². The molecule has 0 amide bonds. The number of nitrogens with one attached hydrogen (secondary N) is 2. The fraction of sp³-hybridized carbons (Fsp3) is 0.222. The number of hydrogen-bond donors (Lipinski definition) is 3. The van der Waals surface area contributed by atoms with Gasteiger partial charge in [-0.2, -0.15) is 0 Å². The maximum absolute atomic E-state index is 9.73. The molecule has 2 aromatic carbocycles. The lowest BCUT2D eigenvalue weighted by Gasteiger charge is -2.25. The summed E-state index contributed by atoms with van der Waals surface area (Å²) < 4.78 is 0. The molecular formula is C18H19ClN2O. The van der Waals surface area contributed by atoms with Crippen LogP contribution in [-0.4, -0.2) is 16.6 Å². The van der Waals surface area contributed by atoms with Gasteiger partial charge in [0.05, 0.1) is 6.04 Å². The van der Waals surface area contributed by atoms with Crippen molar-refractivity contribution in [1.82, 2.24) is 10.3 Å². The number of aromatic nitrogens is 1. The van der Waals surface area contributed by atoms with E-state index in [9.17, 15) is 5.11 Å². The van der Waals surface area contributed by atoms with Gasteiger partial charge in [0.1, 0.15) is 5.75 Å². The van der Waals surface area contributed by atoms with E-state index in [1.54, 1.807) is 6.07 Å². The third-order valence-corrected chi connectivity index (χ3v) is 4.35. The molecule has 0 saturated carbocycles. The van der Waals surface area contributed by atoms with Crippen molar-refractivity contribution in [1.29, 1.82) is 0 Å². The van der Waals surface area contributed by atoms with Crippen molar-refractivity contribution in [2.75, 3.05) is 6.54 Å². The molecule has 2 heterocycles. The van der Waals surface area contributed by atoms with E-state index in [0.29, 0.717) is 5.75 Å². The highest BCUT2D eigenvalue weighted by Gasteiger charge is 2.25. The fourth-order valence-electron chi connectivity index (χ4n) is 3.26. The van der Waals surface area contributed by atoms with Crippen LogP contribution in [0.25, 0.3) is 10.9 Å². The maximum atomic E-state index is 9.73. The van der Waals surface area contributed by atoms with Gasteiger partial charge in [0, 0.05) is 23.1 Å². The Kier molecular flexibility index (Phi) is 3.85. The second kappa shape index (κ2) is 5.67. The van der Waals surface area contributed by atoms with Crippen molar-refractivity contribution >= 4 is 23.3 Å². The highest BCUT2D eigenvalue weighted by Crippen LogP contribution is 2.34. The summed E-state index contributed by atoms with van der Waals surface area (Å²) in [6.45, 7) is 3.06. The van der Waals surface area contributed by atoms with Crippen LogP contribution < -0.4 is 5.32 Å². The van der Waals surface area contributed by atoms with E-state index in [1.165, 1.54) is 22.4 Å². The highest BCUT2D eigenvalue weighted by atomic mass is 35.5. The Morgan fingerprint density at radius 3 is 2.64 bits per heavy atom. The number of aryl methyl sites for hydroxylation is 1. The third kappa shape index (κ3) is 2.36. The van der Waals surface area contributed by atoms with Crippen molar-refractivity contribution in [3.63, 3.8) is 0 Å². The number of halogens is 1. The zero-order valence-corrected chi connectivity index (χ0v) is 13.2. The monoisotopic (exact) mass is 314 g/mol. The van der Waals surface area contributed by atoms with E-state index in [4.69, 9.17) is 0 Å². The lowest BCUT2D eigenvalue weighted by Crippen LogP contribution is -2.30. The summed E-state index contributed by atoms with van der Waals surface area (Å²) in [5, 5.41) is 14.5. The van der Waals surface area contributed by atoms with Gasteiger partial charge in [-0.05, 0) is 42.7 Å². The molecule has 1 unspecified atom stereocenters. The van der Waals surface area contributed by atoms with Gasteiger partial charge in [-0.25, -0.2) is 0 Å². The maximum Gasteiger partial charge on any atom is 0.116 e. The largest absolute Gasteiger partial charge is 0.508 e. The molecule has 4 rings (SSSR count). The lowest BCUT2D eigenvalue weighted by atomic mass is 9.94. The van der Waals surface area contributed by atoms with Gasteiger partial charge in [-0.3, -0.25) is 0 Å². The molecule has 114 valence electrons. The SMILES string of the molecule is Cc1ccc(C2NCCc3c2[nH]c2ccc(O)cc32)cc1.Cl. The first-order valence-corrected chi connectivity index (χ1v) is 7.36. The van der Waals surface area contributed by atoms with Crippen LogP contribution in [0, 0.1) is 6.92 Å². The topological polar surface area (TPSA) is 48.0 Å². The number of phenols is 1. The number of aromatic hydroxyl groups is 1. The molecule has 0 spiro atoms. The van der Waals surface area contributed by atoms with Gasteiger partial charge in [0.2, 0.25) is 0 Å². The molecule has 22 heavy (non-hydrogen) atoms. The van der Waals surface area contributed by atoms with E-state index in [0.717, 1.165) is 23.9 Å². The number of aromatic amines is 1. The predicted octanol–water partition coefficient (Wildman–Crippen LogP) is 3.84. The van der Waals surface area contributed by atoms with Crippen molar-refractivity contribution < 1.29 is 5.11 Å². The van der Waals surface area contributed by atoms with Crippen molar-refractivity contribution in [2.24, 2.45) is 0 Å². The van der Waals surface area contributed by atoms with Crippen LogP contribution >= 0.6 is 12.4 Å². The Balaban J connectivity index is 0.00000144. The molecule has 0 saturated heterocycles. The van der Waals surface area contributed by atoms with Gasteiger partial charge in [0.25, 0.3) is 0 Å². The smallest absolute Gasteiger partial charge is 0.116 e. The second-order valence-electron chi connectivity index (χ2n) is 5.79. The van der Waals surface area contributed by atoms with Gasteiger partial charge >= 0.3 is 0 Å². The number of H-pyrrole nitrogens is 1. The molecule has 1 atom stereocenters. The molecule has 4 heteroatoms. The van der Waals surface area contributed by atoms with E-state index in [2.05, 4.69) is 41.5 Å². The normalized spacial score (nSPS) is 17.0. The average molecular weight is 315 g/mol. The first kappa shape index (κ1) is 14.9. The minimum Gasteiger partial charge on any atom is -0.508 e. The number of benzene rings is 2. The summed E-state index contributed by atoms with van der Waals surface area (Å²) in [4.78, 5) is 3.53. The van der Waals surface area contributed by atoms with E-state index in [1.807, 2.05) is 12.1 Å². The summed E-state index contributed by atoms with van der Waals surface area (Å²) in [5.74, 6) is 0.328. The van der Waals surface area contributed by atoms with Crippen molar-refractivity contribution in [3.8, 4) is 5.75 Å². The fourth-order valence-corrected chi connectivity index (χ4v) is 3.26. The van der Waals surface area contributed by atoms with Crippen LogP contribution in [0.2, 0.25) is 0 Å². The van der Waals surface area contributed by atoms with Crippen LogP contribution in [0.15, 0.2) is 42.5 Å². The van der Waals surface area contributed by atoms with Crippen LogP contribution in [0.4, 0.5) is 0 Å². The molecule has 1 aliphatic heterocycles. The molecule has 3 aromatic rings. The molecule has 0 bridgehead atoms. The second-order valence-corrected chi connectivity index (χ2v) is 5.79. The molecule has 0 radical (unpaired) electrons. The standard InChI is InChI=1S/C18H18N2O.ClH/c1-11-2-4-12(5-3-11)17-18-14(8-9-19-17)15-10-13(21)6-7-16(15)20-18;/h2-7,10,17,19-21H,8-9H2,1H3;1H. The molecule has 1 aromatic heterocycles. The minimum absolute atomic E-state index is 0. The van der Waals surface area contributed by atoms with Crippen LogP contribution in [0.1, 0.15) is 28.4 Å². The summed E-state index contributed by atoms with van der Waals surface area (Å²) in [6, 6.07) is 14.4. The number of hydrogen-bond acceptors (Lipinski definition) is 2. The van der Waals surface area contributed by atoms with Crippen molar-refractivity contribution in [2.45, 2.75) is 19.4 Å². The zero-order valence-electron chi connectivity index (χ0n) is 12.4. The van der Waals surface area contributed by atoms with Crippen molar-refractivity contribution in [3.05, 3.63) is 64.8 Å². The Morgan fingerprint density at radius 1 is 1.09 bits per heavy atom.